The number of hydrogen-bond acceptors (Lipinski definition) is 4. The van der Waals surface area contributed by atoms with Crippen LogP contribution in [0.5, 0.6) is 11.5 Å². The fourth-order valence-electron chi connectivity index (χ4n) is 2.69. The lowest BCUT2D eigenvalue weighted by Gasteiger charge is -2.23. The molecule has 0 bridgehead atoms. The van der Waals surface area contributed by atoms with Crippen LogP contribution in [-0.2, 0) is 6.42 Å². The average Bonchev–Trinajstić information content (AvgIpc) is 2.52. The maximum Gasteiger partial charge on any atom is 0.271 e. The van der Waals surface area contributed by atoms with Crippen LogP contribution in [0.2, 0.25) is 0 Å². The Balaban J connectivity index is 2.28. The van der Waals surface area contributed by atoms with E-state index in [2.05, 4.69) is 31.3 Å². The van der Waals surface area contributed by atoms with Gasteiger partial charge in [-0.05, 0) is 25.0 Å². The molecule has 1 aliphatic rings. The molecule has 1 aromatic carbocycles. The van der Waals surface area contributed by atoms with E-state index in [0.717, 1.165) is 17.7 Å². The molecule has 5 heteroatoms. The molecule has 23 heavy (non-hydrogen) atoms. The molecule has 0 atom stereocenters. The lowest BCUT2D eigenvalue weighted by molar-refractivity contribution is 0.0952. The highest BCUT2D eigenvalue weighted by atomic mass is 16.6. The van der Waals surface area contributed by atoms with Crippen molar-refractivity contribution in [3.05, 3.63) is 23.3 Å². The molecule has 0 unspecified atom stereocenters. The Morgan fingerprint density at radius 3 is 2.52 bits per heavy atom. The normalized spacial score (nSPS) is 14.6. The second-order valence-corrected chi connectivity index (χ2v) is 6.57. The van der Waals surface area contributed by atoms with E-state index in [1.165, 1.54) is 0 Å². The van der Waals surface area contributed by atoms with Crippen molar-refractivity contribution in [2.24, 2.45) is 10.5 Å². The Bertz CT molecular complexity index is 615. The molecule has 126 valence electrons. The van der Waals surface area contributed by atoms with Gasteiger partial charge in [0, 0.05) is 22.3 Å². The lowest BCUT2D eigenvalue weighted by Crippen LogP contribution is -2.27. The fraction of sp³-hybridized carbons (Fsp3) is 0.556. The van der Waals surface area contributed by atoms with Crippen LogP contribution in [-0.4, -0.2) is 24.8 Å². The molecular weight excluding hydrogens is 292 g/mol. The molecule has 1 amide bonds. The summed E-state index contributed by atoms with van der Waals surface area (Å²) >= 11 is 0. The van der Waals surface area contributed by atoms with E-state index in [4.69, 9.17) is 9.47 Å². The van der Waals surface area contributed by atoms with Gasteiger partial charge in [0.1, 0.15) is 13.2 Å². The van der Waals surface area contributed by atoms with Gasteiger partial charge in [0.05, 0.1) is 0 Å². The van der Waals surface area contributed by atoms with Gasteiger partial charge in [-0.25, -0.2) is 5.43 Å². The van der Waals surface area contributed by atoms with Gasteiger partial charge in [-0.15, -0.1) is 0 Å². The van der Waals surface area contributed by atoms with E-state index in [1.807, 2.05) is 13.8 Å². The highest BCUT2D eigenvalue weighted by molar-refractivity contribution is 5.98. The van der Waals surface area contributed by atoms with Crippen molar-refractivity contribution in [1.29, 1.82) is 0 Å². The zero-order chi connectivity index (χ0) is 17.0. The van der Waals surface area contributed by atoms with Gasteiger partial charge in [-0.2, -0.15) is 5.10 Å². The molecular formula is C18H26N2O3. The van der Waals surface area contributed by atoms with Crippen LogP contribution < -0.4 is 14.9 Å². The monoisotopic (exact) mass is 318 g/mol. The molecule has 1 aromatic rings. The van der Waals surface area contributed by atoms with Crippen LogP contribution in [0.4, 0.5) is 0 Å². The van der Waals surface area contributed by atoms with Gasteiger partial charge in [0.2, 0.25) is 0 Å². The number of carbonyl (C=O) groups excluding carboxylic acids is 1. The van der Waals surface area contributed by atoms with Crippen LogP contribution >= 0.6 is 0 Å². The number of benzene rings is 1. The van der Waals surface area contributed by atoms with Crippen LogP contribution in [0, 0.1) is 5.41 Å². The van der Waals surface area contributed by atoms with Crippen molar-refractivity contribution in [2.45, 2.75) is 47.5 Å². The van der Waals surface area contributed by atoms with E-state index in [-0.39, 0.29) is 11.3 Å². The number of nitrogens with one attached hydrogen (secondary N) is 1. The summed E-state index contributed by atoms with van der Waals surface area (Å²) in [5, 5.41) is 4.32. The zero-order valence-electron chi connectivity index (χ0n) is 14.7. The first-order chi connectivity index (χ1) is 10.9. The molecule has 1 N–H and O–H groups in total. The van der Waals surface area contributed by atoms with Crippen molar-refractivity contribution in [3.8, 4) is 11.5 Å². The Morgan fingerprint density at radius 2 is 1.91 bits per heavy atom. The maximum absolute atomic E-state index is 12.5. The number of carbonyl (C=O) groups is 1. The molecule has 0 saturated carbocycles. The molecule has 0 spiro atoms. The van der Waals surface area contributed by atoms with E-state index in [9.17, 15) is 4.79 Å². The summed E-state index contributed by atoms with van der Waals surface area (Å²) < 4.78 is 11.3. The summed E-state index contributed by atoms with van der Waals surface area (Å²) in [6, 6.07) is 3.57. The van der Waals surface area contributed by atoms with Crippen LogP contribution in [0.3, 0.4) is 0 Å². The Labute approximate surface area is 138 Å². The molecule has 1 aliphatic heterocycles. The van der Waals surface area contributed by atoms with Gasteiger partial charge in [-0.1, -0.05) is 34.6 Å². The average molecular weight is 318 g/mol. The predicted octanol–water partition coefficient (Wildman–Crippen LogP) is 3.56. The topological polar surface area (TPSA) is 59.9 Å². The summed E-state index contributed by atoms with van der Waals surface area (Å²) in [6.07, 6.45) is 1.49. The van der Waals surface area contributed by atoms with Crippen molar-refractivity contribution < 1.29 is 14.3 Å². The summed E-state index contributed by atoms with van der Waals surface area (Å²) in [6.45, 7) is 11.3. The third kappa shape index (κ3) is 3.84. The first-order valence-corrected chi connectivity index (χ1v) is 8.17. The predicted molar refractivity (Wildman–Crippen MR) is 91.5 cm³/mol. The highest BCUT2D eigenvalue weighted by Crippen LogP contribution is 2.36. The quantitative estimate of drug-likeness (QED) is 0.682. The number of fused-ring (bicyclic) bond motifs is 1. The van der Waals surface area contributed by atoms with Gasteiger partial charge >= 0.3 is 0 Å². The standard InChI is InChI=1S/C18H26N2O3/c1-6-12-13(8-9-14-16(12)23-11-10-22-14)17(21)20-19-15(7-2)18(3,4)5/h8-9H,6-7,10-11H2,1-5H3,(H,20,21)/b19-15+. The van der Waals surface area contributed by atoms with Crippen molar-refractivity contribution in [1.82, 2.24) is 5.43 Å². The van der Waals surface area contributed by atoms with Crippen molar-refractivity contribution in [2.75, 3.05) is 13.2 Å². The minimum Gasteiger partial charge on any atom is -0.486 e. The van der Waals surface area contributed by atoms with Gasteiger partial charge < -0.3 is 9.47 Å². The second-order valence-electron chi connectivity index (χ2n) is 6.57. The SMILES string of the molecule is CC/C(=N\NC(=O)c1ccc2c(c1CC)OCCO2)C(C)(C)C. The van der Waals surface area contributed by atoms with Gasteiger partial charge in [0.15, 0.2) is 11.5 Å². The summed E-state index contributed by atoms with van der Waals surface area (Å²) in [5.41, 5.74) is 5.04. The molecule has 0 saturated heterocycles. The van der Waals surface area contributed by atoms with Crippen molar-refractivity contribution in [3.63, 3.8) is 0 Å². The first-order valence-electron chi connectivity index (χ1n) is 8.17. The number of ether oxygens (including phenoxy) is 2. The zero-order valence-corrected chi connectivity index (χ0v) is 14.7. The van der Waals surface area contributed by atoms with E-state index >= 15 is 0 Å². The first kappa shape index (κ1) is 17.3. The number of rotatable bonds is 4. The van der Waals surface area contributed by atoms with E-state index < -0.39 is 0 Å². The number of nitrogens with zero attached hydrogens (tertiary/aromatic N) is 1. The number of amides is 1. The summed E-state index contributed by atoms with van der Waals surface area (Å²) in [4.78, 5) is 12.5. The maximum atomic E-state index is 12.5. The lowest BCUT2D eigenvalue weighted by atomic mass is 9.88. The van der Waals surface area contributed by atoms with Crippen LogP contribution in [0.15, 0.2) is 17.2 Å². The minimum absolute atomic E-state index is 0.0670. The third-order valence-corrected chi connectivity index (χ3v) is 3.90. The van der Waals surface area contributed by atoms with Crippen molar-refractivity contribution >= 4 is 11.6 Å². The summed E-state index contributed by atoms with van der Waals surface area (Å²) in [5.74, 6) is 1.17. The van der Waals surface area contributed by atoms with Gasteiger partial charge in [-0.3, -0.25) is 4.79 Å². The Kier molecular flexibility index (Phi) is 5.29. The highest BCUT2D eigenvalue weighted by Gasteiger charge is 2.22. The third-order valence-electron chi connectivity index (χ3n) is 3.90. The Hall–Kier alpha value is -2.04. The van der Waals surface area contributed by atoms with E-state index in [1.54, 1.807) is 12.1 Å². The smallest absolute Gasteiger partial charge is 0.271 e. The molecule has 5 nitrogen and oxygen atoms in total. The summed E-state index contributed by atoms with van der Waals surface area (Å²) in [7, 11) is 0. The molecule has 0 aromatic heterocycles. The van der Waals surface area contributed by atoms with Crippen LogP contribution in [0.1, 0.15) is 57.0 Å². The van der Waals surface area contributed by atoms with E-state index in [0.29, 0.717) is 36.7 Å². The minimum atomic E-state index is -0.214. The largest absolute Gasteiger partial charge is 0.486 e. The molecule has 0 fully saturated rings. The van der Waals surface area contributed by atoms with Gasteiger partial charge in [0.25, 0.3) is 5.91 Å². The number of hydrazone groups is 1. The molecule has 0 radical (unpaired) electrons. The Morgan fingerprint density at radius 1 is 1.22 bits per heavy atom. The molecule has 2 rings (SSSR count). The molecule has 1 heterocycles. The molecule has 0 aliphatic carbocycles. The fourth-order valence-corrected chi connectivity index (χ4v) is 2.69. The second kappa shape index (κ2) is 7.02. The van der Waals surface area contributed by atoms with Crippen LogP contribution in [0.25, 0.3) is 0 Å². The number of hydrogen-bond donors (Lipinski definition) is 1.